The normalized spacial score (nSPS) is 43.0. The lowest BCUT2D eigenvalue weighted by Crippen LogP contribution is -2.69. The predicted molar refractivity (Wildman–Crippen MR) is 81.8 cm³/mol. The number of rotatable bonds is 1. The van der Waals surface area contributed by atoms with Crippen molar-refractivity contribution in [3.63, 3.8) is 0 Å². The molecule has 4 rings (SSSR count). The van der Waals surface area contributed by atoms with Gasteiger partial charge in [-0.05, 0) is 39.8 Å². The fourth-order valence-electron chi connectivity index (χ4n) is 3.77. The number of ether oxygens (including phenoxy) is 5. The van der Waals surface area contributed by atoms with Crippen LogP contribution in [0.2, 0.25) is 0 Å². The Bertz CT molecular complexity index is 633. The molecular weight excluding hydrogens is 314 g/mol. The van der Waals surface area contributed by atoms with Crippen LogP contribution < -0.4 is 0 Å². The van der Waals surface area contributed by atoms with Crippen LogP contribution in [0.4, 0.5) is 0 Å². The molecule has 3 aliphatic rings. The van der Waals surface area contributed by atoms with Crippen molar-refractivity contribution < 1.29 is 28.8 Å². The Labute approximate surface area is 140 Å². The van der Waals surface area contributed by atoms with Crippen LogP contribution in [0.25, 0.3) is 0 Å². The van der Waals surface area contributed by atoms with Gasteiger partial charge in [-0.2, -0.15) is 0 Å². The van der Waals surface area contributed by atoms with Crippen molar-refractivity contribution in [3.05, 3.63) is 30.1 Å². The summed E-state index contributed by atoms with van der Waals surface area (Å²) in [4.78, 5) is 4.35. The number of pyridine rings is 1. The molecule has 0 amide bonds. The molecule has 1 N–H and O–H groups in total. The van der Waals surface area contributed by atoms with E-state index >= 15 is 0 Å². The highest BCUT2D eigenvalue weighted by Gasteiger charge is 2.72. The van der Waals surface area contributed by atoms with E-state index in [1.54, 1.807) is 38.2 Å². The second-order valence-electron chi connectivity index (χ2n) is 7.43. The van der Waals surface area contributed by atoms with Crippen molar-refractivity contribution >= 4 is 0 Å². The standard InChI is InChI=1S/C17H23NO6/c1-14(2)21-10-16(24-14)17(19,12-7-5-6-8-18-12)13-11(9-20-16)22-15(3,4)23-13/h5-8,11,13,19H,9-10H2,1-4H3/t11-,13-,16+,17-/m1/s1. The van der Waals surface area contributed by atoms with Crippen LogP contribution >= 0.6 is 0 Å². The number of aliphatic hydroxyl groups is 1. The summed E-state index contributed by atoms with van der Waals surface area (Å²) in [5.41, 5.74) is -1.26. The summed E-state index contributed by atoms with van der Waals surface area (Å²) in [6.45, 7) is 7.50. The number of fused-ring (bicyclic) bond motifs is 1. The maximum absolute atomic E-state index is 11.8. The van der Waals surface area contributed by atoms with E-state index in [1.807, 2.05) is 13.8 Å². The first-order valence-corrected chi connectivity index (χ1v) is 8.15. The van der Waals surface area contributed by atoms with Crippen molar-refractivity contribution in [3.8, 4) is 0 Å². The van der Waals surface area contributed by atoms with Gasteiger partial charge in [0.1, 0.15) is 18.8 Å². The third-order valence-corrected chi connectivity index (χ3v) is 4.73. The Balaban J connectivity index is 1.84. The summed E-state index contributed by atoms with van der Waals surface area (Å²) in [5, 5.41) is 11.8. The minimum atomic E-state index is -1.67. The maximum atomic E-state index is 11.8. The van der Waals surface area contributed by atoms with Gasteiger partial charge in [0.2, 0.25) is 5.79 Å². The lowest BCUT2D eigenvalue weighted by molar-refractivity contribution is -0.373. The third kappa shape index (κ3) is 2.23. The summed E-state index contributed by atoms with van der Waals surface area (Å²) < 4.78 is 29.7. The zero-order valence-corrected chi connectivity index (χ0v) is 14.3. The highest BCUT2D eigenvalue weighted by molar-refractivity contribution is 5.24. The second-order valence-corrected chi connectivity index (χ2v) is 7.43. The third-order valence-electron chi connectivity index (χ3n) is 4.73. The minimum Gasteiger partial charge on any atom is -0.376 e. The molecule has 0 unspecified atom stereocenters. The molecule has 0 aliphatic carbocycles. The molecule has 132 valence electrons. The zero-order valence-electron chi connectivity index (χ0n) is 14.3. The van der Waals surface area contributed by atoms with E-state index in [0.717, 1.165) is 0 Å². The fraction of sp³-hybridized carbons (Fsp3) is 0.706. The number of nitrogens with zero attached hydrogens (tertiary/aromatic N) is 1. The number of aromatic nitrogens is 1. The molecule has 7 heteroatoms. The van der Waals surface area contributed by atoms with Crippen LogP contribution in [0.1, 0.15) is 33.4 Å². The predicted octanol–water partition coefficient (Wildman–Crippen LogP) is 1.30. The lowest BCUT2D eigenvalue weighted by Gasteiger charge is -2.49. The molecular formula is C17H23NO6. The highest BCUT2D eigenvalue weighted by atomic mass is 16.9. The SMILES string of the molecule is CC1(C)O[C@@H]2[C@@H](CO[C@]3(COC(C)(C)O3)[C@@]2(O)c2ccccn2)O1. The van der Waals surface area contributed by atoms with Gasteiger partial charge in [-0.3, -0.25) is 4.98 Å². The van der Waals surface area contributed by atoms with E-state index in [9.17, 15) is 5.11 Å². The Hall–Kier alpha value is -1.09. The second kappa shape index (κ2) is 4.97. The molecule has 7 nitrogen and oxygen atoms in total. The van der Waals surface area contributed by atoms with Crippen LogP contribution in [0.3, 0.4) is 0 Å². The van der Waals surface area contributed by atoms with E-state index in [2.05, 4.69) is 4.98 Å². The van der Waals surface area contributed by atoms with E-state index in [0.29, 0.717) is 5.69 Å². The lowest BCUT2D eigenvalue weighted by atomic mass is 9.79. The molecule has 24 heavy (non-hydrogen) atoms. The molecule has 0 bridgehead atoms. The average molecular weight is 337 g/mol. The topological polar surface area (TPSA) is 79.3 Å². The molecule has 1 aromatic heterocycles. The summed E-state index contributed by atoms with van der Waals surface area (Å²) in [5.74, 6) is -3.12. The van der Waals surface area contributed by atoms with Crippen molar-refractivity contribution in [2.45, 2.75) is 62.9 Å². The smallest absolute Gasteiger partial charge is 0.233 e. The molecule has 3 fully saturated rings. The molecule has 3 aliphatic heterocycles. The summed E-state index contributed by atoms with van der Waals surface area (Å²) in [7, 11) is 0. The fourth-order valence-corrected chi connectivity index (χ4v) is 3.77. The van der Waals surface area contributed by atoms with Gasteiger partial charge in [0.25, 0.3) is 0 Å². The molecule has 0 saturated carbocycles. The van der Waals surface area contributed by atoms with Gasteiger partial charge < -0.3 is 28.8 Å². The monoisotopic (exact) mass is 337 g/mol. The minimum absolute atomic E-state index is 0.0695. The molecule has 0 aromatic carbocycles. The largest absolute Gasteiger partial charge is 0.376 e. The quantitative estimate of drug-likeness (QED) is 0.827. The Morgan fingerprint density at radius 1 is 1.08 bits per heavy atom. The average Bonchev–Trinajstić information content (AvgIpc) is 3.01. The van der Waals surface area contributed by atoms with Gasteiger partial charge in [-0.1, -0.05) is 6.07 Å². The first-order valence-electron chi connectivity index (χ1n) is 8.15. The van der Waals surface area contributed by atoms with E-state index < -0.39 is 35.2 Å². The summed E-state index contributed by atoms with van der Waals surface area (Å²) in [6, 6.07) is 5.32. The van der Waals surface area contributed by atoms with Gasteiger partial charge in [-0.15, -0.1) is 0 Å². The van der Waals surface area contributed by atoms with Crippen LogP contribution in [0.5, 0.6) is 0 Å². The van der Waals surface area contributed by atoms with Crippen LogP contribution in [0, 0.1) is 0 Å². The zero-order chi connectivity index (χ0) is 17.2. The Kier molecular flexibility index (Phi) is 3.39. The first kappa shape index (κ1) is 16.4. The molecule has 3 saturated heterocycles. The highest BCUT2D eigenvalue weighted by Crippen LogP contribution is 2.53. The van der Waals surface area contributed by atoms with E-state index in [1.165, 1.54) is 0 Å². The van der Waals surface area contributed by atoms with Gasteiger partial charge in [-0.25, -0.2) is 0 Å². The van der Waals surface area contributed by atoms with Gasteiger partial charge in [0, 0.05) is 6.20 Å². The van der Waals surface area contributed by atoms with Crippen molar-refractivity contribution in [1.82, 2.24) is 4.98 Å². The van der Waals surface area contributed by atoms with E-state index in [-0.39, 0.29) is 13.2 Å². The first-order chi connectivity index (χ1) is 11.2. The maximum Gasteiger partial charge on any atom is 0.233 e. The summed E-state index contributed by atoms with van der Waals surface area (Å²) >= 11 is 0. The molecule has 1 aromatic rings. The molecule has 4 atom stereocenters. The molecule has 0 radical (unpaired) electrons. The van der Waals surface area contributed by atoms with Gasteiger partial charge in [0.15, 0.2) is 17.2 Å². The number of hydrogen-bond acceptors (Lipinski definition) is 7. The van der Waals surface area contributed by atoms with Crippen LogP contribution in [-0.2, 0) is 29.3 Å². The van der Waals surface area contributed by atoms with Crippen LogP contribution in [-0.4, -0.2) is 52.9 Å². The molecule has 1 spiro atoms. The Morgan fingerprint density at radius 2 is 1.88 bits per heavy atom. The van der Waals surface area contributed by atoms with E-state index in [4.69, 9.17) is 23.7 Å². The van der Waals surface area contributed by atoms with Crippen LogP contribution in [0.15, 0.2) is 24.4 Å². The van der Waals surface area contributed by atoms with Crippen molar-refractivity contribution in [1.29, 1.82) is 0 Å². The number of hydrogen-bond donors (Lipinski definition) is 1. The summed E-state index contributed by atoms with van der Waals surface area (Å²) in [6.07, 6.45) is 0.505. The van der Waals surface area contributed by atoms with Crippen molar-refractivity contribution in [2.75, 3.05) is 13.2 Å². The van der Waals surface area contributed by atoms with Crippen molar-refractivity contribution in [2.24, 2.45) is 0 Å². The van der Waals surface area contributed by atoms with Gasteiger partial charge in [0.05, 0.1) is 12.3 Å². The Morgan fingerprint density at radius 3 is 2.50 bits per heavy atom. The molecule has 4 heterocycles. The van der Waals surface area contributed by atoms with Gasteiger partial charge >= 0.3 is 0 Å².